The van der Waals surface area contributed by atoms with Crippen molar-refractivity contribution < 1.29 is 9.53 Å². The van der Waals surface area contributed by atoms with Crippen molar-refractivity contribution in [1.82, 2.24) is 0 Å². The van der Waals surface area contributed by atoms with Gasteiger partial charge in [0.25, 0.3) is 0 Å². The molecule has 1 saturated heterocycles. The van der Waals surface area contributed by atoms with Gasteiger partial charge in [0.15, 0.2) is 5.78 Å². The SMILES string of the molecule is C=CC1OC1C(=O)CC. The van der Waals surface area contributed by atoms with Gasteiger partial charge in [-0.05, 0) is 0 Å². The number of Topliss-reactive ketones (excluding diaryl/α,β-unsaturated/α-hetero) is 1. The van der Waals surface area contributed by atoms with Crippen LogP contribution < -0.4 is 0 Å². The summed E-state index contributed by atoms with van der Waals surface area (Å²) in [7, 11) is 0. The number of epoxide rings is 1. The fourth-order valence-corrected chi connectivity index (χ4v) is 0.763. The Hall–Kier alpha value is -0.630. The van der Waals surface area contributed by atoms with Crippen LogP contribution in [0.15, 0.2) is 12.7 Å². The van der Waals surface area contributed by atoms with E-state index in [4.69, 9.17) is 4.74 Å². The van der Waals surface area contributed by atoms with Gasteiger partial charge in [-0.15, -0.1) is 6.58 Å². The van der Waals surface area contributed by atoms with E-state index in [1.54, 1.807) is 6.08 Å². The smallest absolute Gasteiger partial charge is 0.164 e. The highest BCUT2D eigenvalue weighted by Gasteiger charge is 2.40. The molecule has 0 spiro atoms. The summed E-state index contributed by atoms with van der Waals surface area (Å²) in [5.41, 5.74) is 0. The predicted molar refractivity (Wildman–Crippen MR) is 34.2 cm³/mol. The molecule has 2 nitrogen and oxygen atoms in total. The predicted octanol–water partition coefficient (Wildman–Crippen LogP) is 0.919. The summed E-state index contributed by atoms with van der Waals surface area (Å²) >= 11 is 0. The highest BCUT2D eigenvalue weighted by Crippen LogP contribution is 2.24. The second-order valence-corrected chi connectivity index (χ2v) is 2.08. The Morgan fingerprint density at radius 3 is 2.89 bits per heavy atom. The van der Waals surface area contributed by atoms with Gasteiger partial charge in [0.2, 0.25) is 0 Å². The zero-order valence-electron chi connectivity index (χ0n) is 5.46. The standard InChI is InChI=1S/C7H10O2/c1-3-5(8)7-6(4-2)9-7/h4,6-7H,2-3H2,1H3. The van der Waals surface area contributed by atoms with Crippen molar-refractivity contribution in [2.75, 3.05) is 0 Å². The summed E-state index contributed by atoms with van der Waals surface area (Å²) in [5, 5.41) is 0. The fraction of sp³-hybridized carbons (Fsp3) is 0.571. The molecular formula is C7H10O2. The number of rotatable bonds is 3. The molecule has 0 amide bonds. The lowest BCUT2D eigenvalue weighted by Gasteiger charge is -1.83. The molecule has 2 heteroatoms. The lowest BCUT2D eigenvalue weighted by atomic mass is 10.2. The molecule has 0 saturated carbocycles. The van der Waals surface area contributed by atoms with E-state index in [0.29, 0.717) is 6.42 Å². The average Bonchev–Trinajstić information content (AvgIpc) is 2.64. The zero-order chi connectivity index (χ0) is 6.85. The Balaban J connectivity index is 2.33. The van der Waals surface area contributed by atoms with Crippen molar-refractivity contribution in [2.45, 2.75) is 25.6 Å². The number of hydrogen-bond donors (Lipinski definition) is 0. The largest absolute Gasteiger partial charge is 0.357 e. The Bertz CT molecular complexity index is 140. The summed E-state index contributed by atoms with van der Waals surface area (Å²) in [6.07, 6.45) is 2.08. The van der Waals surface area contributed by atoms with Crippen LogP contribution in [0, 0.1) is 0 Å². The minimum Gasteiger partial charge on any atom is -0.357 e. The van der Waals surface area contributed by atoms with Gasteiger partial charge in [-0.2, -0.15) is 0 Å². The van der Waals surface area contributed by atoms with E-state index in [1.807, 2.05) is 6.92 Å². The van der Waals surface area contributed by atoms with Gasteiger partial charge in [0, 0.05) is 6.42 Å². The number of hydrogen-bond acceptors (Lipinski definition) is 2. The number of ketones is 1. The van der Waals surface area contributed by atoms with Crippen LogP contribution in [0.4, 0.5) is 0 Å². The third kappa shape index (κ3) is 1.19. The Morgan fingerprint density at radius 1 is 1.89 bits per heavy atom. The van der Waals surface area contributed by atoms with E-state index in [0.717, 1.165) is 0 Å². The second kappa shape index (κ2) is 2.31. The molecule has 0 aromatic heterocycles. The molecule has 0 aromatic carbocycles. The minimum absolute atomic E-state index is 0.0115. The lowest BCUT2D eigenvalue weighted by Crippen LogP contribution is -2.06. The number of ether oxygens (including phenoxy) is 1. The van der Waals surface area contributed by atoms with E-state index in [9.17, 15) is 4.79 Å². The molecule has 50 valence electrons. The summed E-state index contributed by atoms with van der Waals surface area (Å²) in [4.78, 5) is 10.8. The normalized spacial score (nSPS) is 31.7. The van der Waals surface area contributed by atoms with Crippen LogP contribution in [0.3, 0.4) is 0 Å². The summed E-state index contributed by atoms with van der Waals surface area (Å²) in [6.45, 7) is 5.35. The van der Waals surface area contributed by atoms with Crippen LogP contribution in [0.2, 0.25) is 0 Å². The van der Waals surface area contributed by atoms with Crippen molar-refractivity contribution >= 4 is 5.78 Å². The van der Waals surface area contributed by atoms with E-state index >= 15 is 0 Å². The molecule has 1 aliphatic rings. The number of carbonyl (C=O) groups is 1. The van der Waals surface area contributed by atoms with Gasteiger partial charge in [-0.3, -0.25) is 4.79 Å². The molecule has 2 atom stereocenters. The molecule has 0 aliphatic carbocycles. The van der Waals surface area contributed by atoms with Crippen LogP contribution in [-0.4, -0.2) is 18.0 Å². The van der Waals surface area contributed by atoms with Crippen molar-refractivity contribution in [1.29, 1.82) is 0 Å². The second-order valence-electron chi connectivity index (χ2n) is 2.08. The molecule has 0 bridgehead atoms. The Labute approximate surface area is 54.5 Å². The van der Waals surface area contributed by atoms with Crippen molar-refractivity contribution in [3.05, 3.63) is 12.7 Å². The quantitative estimate of drug-likeness (QED) is 0.415. The van der Waals surface area contributed by atoms with Crippen LogP contribution in [0.25, 0.3) is 0 Å². The van der Waals surface area contributed by atoms with E-state index in [1.165, 1.54) is 0 Å². The monoisotopic (exact) mass is 126 g/mol. The van der Waals surface area contributed by atoms with Crippen molar-refractivity contribution in [2.24, 2.45) is 0 Å². The van der Waals surface area contributed by atoms with Gasteiger partial charge in [0.05, 0.1) is 0 Å². The maximum absolute atomic E-state index is 10.8. The molecule has 0 aromatic rings. The molecule has 0 N–H and O–H groups in total. The molecule has 2 unspecified atom stereocenters. The topological polar surface area (TPSA) is 29.6 Å². The van der Waals surface area contributed by atoms with Crippen LogP contribution >= 0.6 is 0 Å². The summed E-state index contributed by atoms with van der Waals surface area (Å²) in [6, 6.07) is 0. The average molecular weight is 126 g/mol. The van der Waals surface area contributed by atoms with Gasteiger partial charge in [-0.25, -0.2) is 0 Å². The van der Waals surface area contributed by atoms with Gasteiger partial charge >= 0.3 is 0 Å². The van der Waals surface area contributed by atoms with Crippen molar-refractivity contribution in [3.8, 4) is 0 Å². The maximum Gasteiger partial charge on any atom is 0.164 e. The molecule has 1 rings (SSSR count). The lowest BCUT2D eigenvalue weighted by molar-refractivity contribution is -0.119. The molecular weight excluding hydrogens is 116 g/mol. The molecule has 0 radical (unpaired) electrons. The van der Waals surface area contributed by atoms with Crippen LogP contribution in [-0.2, 0) is 9.53 Å². The first kappa shape index (κ1) is 6.49. The third-order valence-corrected chi connectivity index (χ3v) is 1.42. The minimum atomic E-state index is -0.160. The van der Waals surface area contributed by atoms with Gasteiger partial charge in [-0.1, -0.05) is 13.0 Å². The third-order valence-electron chi connectivity index (χ3n) is 1.42. The Morgan fingerprint density at radius 2 is 2.56 bits per heavy atom. The molecule has 9 heavy (non-hydrogen) atoms. The fourth-order valence-electron chi connectivity index (χ4n) is 0.763. The summed E-state index contributed by atoms with van der Waals surface area (Å²) in [5.74, 6) is 0.180. The van der Waals surface area contributed by atoms with Gasteiger partial charge in [0.1, 0.15) is 12.2 Å². The maximum atomic E-state index is 10.8. The van der Waals surface area contributed by atoms with E-state index < -0.39 is 0 Å². The molecule has 1 fully saturated rings. The highest BCUT2D eigenvalue weighted by atomic mass is 16.6. The first-order chi connectivity index (χ1) is 4.29. The van der Waals surface area contributed by atoms with E-state index in [2.05, 4.69) is 6.58 Å². The van der Waals surface area contributed by atoms with Crippen LogP contribution in [0.1, 0.15) is 13.3 Å². The van der Waals surface area contributed by atoms with Gasteiger partial charge < -0.3 is 4.74 Å². The Kier molecular flexibility index (Phi) is 1.67. The first-order valence-electron chi connectivity index (χ1n) is 3.10. The van der Waals surface area contributed by atoms with E-state index in [-0.39, 0.29) is 18.0 Å². The summed E-state index contributed by atoms with van der Waals surface area (Å²) < 4.78 is 4.95. The van der Waals surface area contributed by atoms with Crippen LogP contribution in [0.5, 0.6) is 0 Å². The molecule has 1 aliphatic heterocycles. The first-order valence-corrected chi connectivity index (χ1v) is 3.10. The highest BCUT2D eigenvalue weighted by molar-refractivity contribution is 5.85. The van der Waals surface area contributed by atoms with Crippen molar-refractivity contribution in [3.63, 3.8) is 0 Å². The number of carbonyl (C=O) groups excluding carboxylic acids is 1. The zero-order valence-corrected chi connectivity index (χ0v) is 5.46. The molecule has 1 heterocycles.